The lowest BCUT2D eigenvalue weighted by Gasteiger charge is -2.23. The zero-order valence-corrected chi connectivity index (χ0v) is 21.2. The standard InChI is InChI=1S/C26H22N8O5/c1-4-31(5-2)18-6-11-24(30-29-22-9-7-19(33(36)37)12-17(22)15-27)25(14-18)32-16(3)28-23-10-8-20(34(38)39)13-21(23)26(32)35/h6-14H,4-5H2,1-3H3. The Kier molecular flexibility index (Phi) is 7.39. The molecule has 0 fully saturated rings. The molecule has 0 aliphatic carbocycles. The van der Waals surface area contributed by atoms with Gasteiger partial charge in [0, 0.05) is 43.0 Å². The zero-order chi connectivity index (χ0) is 28.3. The normalized spacial score (nSPS) is 11.0. The largest absolute Gasteiger partial charge is 0.372 e. The summed E-state index contributed by atoms with van der Waals surface area (Å²) in [4.78, 5) is 41.4. The van der Waals surface area contributed by atoms with Crippen molar-refractivity contribution in [3.63, 3.8) is 0 Å². The van der Waals surface area contributed by atoms with Crippen LogP contribution in [-0.2, 0) is 0 Å². The summed E-state index contributed by atoms with van der Waals surface area (Å²) < 4.78 is 1.31. The van der Waals surface area contributed by atoms with E-state index in [-0.39, 0.29) is 33.7 Å². The van der Waals surface area contributed by atoms with Crippen molar-refractivity contribution in [1.29, 1.82) is 5.26 Å². The quantitative estimate of drug-likeness (QED) is 0.161. The van der Waals surface area contributed by atoms with E-state index in [2.05, 4.69) is 20.1 Å². The van der Waals surface area contributed by atoms with E-state index in [9.17, 15) is 30.3 Å². The van der Waals surface area contributed by atoms with Crippen LogP contribution < -0.4 is 10.5 Å². The van der Waals surface area contributed by atoms with Crippen LogP contribution in [0, 0.1) is 38.5 Å². The molecule has 0 spiro atoms. The first-order valence-corrected chi connectivity index (χ1v) is 11.9. The molecule has 0 aliphatic heterocycles. The third-order valence-electron chi connectivity index (χ3n) is 6.14. The van der Waals surface area contributed by atoms with Crippen LogP contribution in [0.4, 0.5) is 28.4 Å². The van der Waals surface area contributed by atoms with Gasteiger partial charge in [0.15, 0.2) is 0 Å². The summed E-state index contributed by atoms with van der Waals surface area (Å²) in [5, 5.41) is 40.4. The predicted octanol–water partition coefficient (Wildman–Crippen LogP) is 5.64. The maximum Gasteiger partial charge on any atom is 0.270 e. The molecular weight excluding hydrogens is 504 g/mol. The Morgan fingerprint density at radius 2 is 1.56 bits per heavy atom. The number of anilines is 1. The van der Waals surface area contributed by atoms with Gasteiger partial charge in [0.2, 0.25) is 0 Å². The van der Waals surface area contributed by atoms with Crippen molar-refractivity contribution in [2.45, 2.75) is 20.8 Å². The van der Waals surface area contributed by atoms with Gasteiger partial charge in [-0.25, -0.2) is 4.98 Å². The summed E-state index contributed by atoms with van der Waals surface area (Å²) in [5.41, 5.74) is 0.739. The van der Waals surface area contributed by atoms with Crippen LogP contribution in [0.5, 0.6) is 0 Å². The van der Waals surface area contributed by atoms with Gasteiger partial charge in [-0.1, -0.05) is 0 Å². The van der Waals surface area contributed by atoms with E-state index in [0.29, 0.717) is 30.1 Å². The van der Waals surface area contributed by atoms with Gasteiger partial charge >= 0.3 is 0 Å². The number of azo groups is 1. The lowest BCUT2D eigenvalue weighted by atomic mass is 10.1. The van der Waals surface area contributed by atoms with Gasteiger partial charge in [-0.2, -0.15) is 5.26 Å². The minimum absolute atomic E-state index is 0.0395. The minimum Gasteiger partial charge on any atom is -0.372 e. The molecule has 4 aromatic rings. The molecule has 196 valence electrons. The number of nitriles is 1. The van der Waals surface area contributed by atoms with Crippen molar-refractivity contribution >= 4 is 39.3 Å². The van der Waals surface area contributed by atoms with Gasteiger partial charge in [-0.15, -0.1) is 10.2 Å². The first-order chi connectivity index (χ1) is 18.7. The third kappa shape index (κ3) is 5.16. The lowest BCUT2D eigenvalue weighted by molar-refractivity contribution is -0.385. The average molecular weight is 527 g/mol. The van der Waals surface area contributed by atoms with Crippen LogP contribution >= 0.6 is 0 Å². The number of fused-ring (bicyclic) bond motifs is 1. The molecule has 39 heavy (non-hydrogen) atoms. The second-order valence-corrected chi connectivity index (χ2v) is 8.37. The summed E-state index contributed by atoms with van der Waals surface area (Å²) in [6.07, 6.45) is 0. The second kappa shape index (κ2) is 10.9. The van der Waals surface area contributed by atoms with Gasteiger partial charge in [0.25, 0.3) is 16.9 Å². The number of nitro groups is 2. The van der Waals surface area contributed by atoms with Gasteiger partial charge in [0.05, 0.1) is 32.0 Å². The van der Waals surface area contributed by atoms with Crippen molar-refractivity contribution < 1.29 is 9.85 Å². The Balaban J connectivity index is 1.95. The molecule has 0 amide bonds. The Hall–Kier alpha value is -5.51. The minimum atomic E-state index is -0.613. The van der Waals surface area contributed by atoms with Gasteiger partial charge in [0.1, 0.15) is 23.3 Å². The summed E-state index contributed by atoms with van der Waals surface area (Å²) >= 11 is 0. The van der Waals surface area contributed by atoms with Crippen molar-refractivity contribution in [3.8, 4) is 11.8 Å². The van der Waals surface area contributed by atoms with Crippen LogP contribution in [0.1, 0.15) is 25.2 Å². The molecule has 13 heteroatoms. The molecule has 1 aromatic heterocycles. The molecule has 1 heterocycles. The highest BCUT2D eigenvalue weighted by Gasteiger charge is 2.18. The molecule has 0 radical (unpaired) electrons. The predicted molar refractivity (Wildman–Crippen MR) is 144 cm³/mol. The molecule has 13 nitrogen and oxygen atoms in total. The third-order valence-corrected chi connectivity index (χ3v) is 6.14. The number of aryl methyl sites for hydroxylation is 1. The zero-order valence-electron chi connectivity index (χ0n) is 21.2. The Labute approximate surface area is 221 Å². The van der Waals surface area contributed by atoms with Gasteiger partial charge in [-0.3, -0.25) is 29.6 Å². The molecule has 0 N–H and O–H groups in total. The average Bonchev–Trinajstić information content (AvgIpc) is 2.92. The first kappa shape index (κ1) is 26.6. The maximum absolute atomic E-state index is 13.7. The van der Waals surface area contributed by atoms with Gasteiger partial charge < -0.3 is 4.90 Å². The molecule has 0 bridgehead atoms. The van der Waals surface area contributed by atoms with Crippen LogP contribution in [0.15, 0.2) is 69.6 Å². The number of non-ortho nitro benzene ring substituents is 2. The molecular formula is C26H22N8O5. The van der Waals surface area contributed by atoms with Gasteiger partial charge in [-0.05, 0) is 51.1 Å². The molecule has 0 saturated carbocycles. The number of aromatic nitrogens is 2. The number of hydrogen-bond donors (Lipinski definition) is 0. The highest BCUT2D eigenvalue weighted by Crippen LogP contribution is 2.32. The summed E-state index contributed by atoms with van der Waals surface area (Å²) in [7, 11) is 0. The van der Waals surface area contributed by atoms with E-state index in [4.69, 9.17) is 0 Å². The fourth-order valence-corrected chi connectivity index (χ4v) is 4.16. The number of rotatable bonds is 8. The highest BCUT2D eigenvalue weighted by atomic mass is 16.6. The molecule has 0 aliphatic rings. The lowest BCUT2D eigenvalue weighted by Crippen LogP contribution is -2.24. The molecule has 3 aromatic carbocycles. The monoisotopic (exact) mass is 526 g/mol. The highest BCUT2D eigenvalue weighted by molar-refractivity contribution is 5.81. The van der Waals surface area contributed by atoms with Crippen molar-refractivity contribution in [1.82, 2.24) is 9.55 Å². The van der Waals surface area contributed by atoms with Crippen LogP contribution in [-0.4, -0.2) is 32.5 Å². The summed E-state index contributed by atoms with van der Waals surface area (Å²) in [5.74, 6) is 0.322. The molecule has 4 rings (SSSR count). The Bertz CT molecular complexity index is 1750. The Morgan fingerprint density at radius 3 is 2.21 bits per heavy atom. The van der Waals surface area contributed by atoms with E-state index in [1.54, 1.807) is 19.1 Å². The molecule has 0 atom stereocenters. The molecule has 0 unspecified atom stereocenters. The van der Waals surface area contributed by atoms with Crippen molar-refractivity contribution in [2.75, 3.05) is 18.0 Å². The number of benzene rings is 3. The SMILES string of the molecule is CCN(CC)c1ccc(N=Nc2ccc([N+](=O)[O-])cc2C#N)c(-n2c(C)nc3ccc([N+](=O)[O-])cc3c2=O)c1. The fourth-order valence-electron chi connectivity index (χ4n) is 4.16. The number of hydrogen-bond acceptors (Lipinski definition) is 10. The van der Waals surface area contributed by atoms with Crippen LogP contribution in [0.3, 0.4) is 0 Å². The second-order valence-electron chi connectivity index (χ2n) is 8.37. The van der Waals surface area contributed by atoms with E-state index < -0.39 is 15.4 Å². The topological polar surface area (TPSA) is 173 Å². The van der Waals surface area contributed by atoms with Crippen molar-refractivity contribution in [3.05, 3.63) is 96.6 Å². The molecule has 0 saturated heterocycles. The van der Waals surface area contributed by atoms with Crippen molar-refractivity contribution in [2.24, 2.45) is 10.2 Å². The summed E-state index contributed by atoms with van der Waals surface area (Å²) in [6, 6.07) is 14.6. The van der Waals surface area contributed by atoms with E-state index in [1.165, 1.54) is 34.9 Å². The van der Waals surface area contributed by atoms with Crippen LogP contribution in [0.25, 0.3) is 16.6 Å². The maximum atomic E-state index is 13.7. The van der Waals surface area contributed by atoms with E-state index in [0.717, 1.165) is 11.8 Å². The fraction of sp³-hybridized carbons (Fsp3) is 0.192. The number of nitro benzene ring substituents is 2. The van der Waals surface area contributed by atoms with Crippen LogP contribution in [0.2, 0.25) is 0 Å². The smallest absolute Gasteiger partial charge is 0.270 e. The number of nitrogens with zero attached hydrogens (tertiary/aromatic N) is 8. The van der Waals surface area contributed by atoms with E-state index in [1.807, 2.05) is 26.0 Å². The van der Waals surface area contributed by atoms with E-state index >= 15 is 0 Å². The first-order valence-electron chi connectivity index (χ1n) is 11.9. The Morgan fingerprint density at radius 1 is 0.949 bits per heavy atom. The summed E-state index contributed by atoms with van der Waals surface area (Å²) in [6.45, 7) is 7.01.